The lowest BCUT2D eigenvalue weighted by Gasteiger charge is -2.14. The van der Waals surface area contributed by atoms with Crippen LogP contribution in [0.15, 0.2) is 0 Å². The Morgan fingerprint density at radius 1 is 1.47 bits per heavy atom. The quantitative estimate of drug-likeness (QED) is 0.799. The summed E-state index contributed by atoms with van der Waals surface area (Å²) in [5.74, 6) is -4.15. The van der Waals surface area contributed by atoms with Gasteiger partial charge >= 0.3 is 12.3 Å². The van der Waals surface area contributed by atoms with Crippen molar-refractivity contribution in [2.45, 2.75) is 19.0 Å². The molecule has 15 heavy (non-hydrogen) atoms. The highest BCUT2D eigenvalue weighted by Gasteiger charge is 2.41. The second-order valence-corrected chi connectivity index (χ2v) is 3.42. The van der Waals surface area contributed by atoms with Gasteiger partial charge in [0, 0.05) is 11.5 Å². The Labute approximate surface area is 86.2 Å². The van der Waals surface area contributed by atoms with E-state index in [9.17, 15) is 17.6 Å². The van der Waals surface area contributed by atoms with Crippen molar-refractivity contribution in [2.24, 2.45) is 0 Å². The van der Waals surface area contributed by atoms with E-state index in [4.69, 9.17) is 5.73 Å². The van der Waals surface area contributed by atoms with E-state index in [-0.39, 0.29) is 17.3 Å². The van der Waals surface area contributed by atoms with Gasteiger partial charge in [-0.05, 0) is 0 Å². The molecule has 0 radical (unpaired) electrons. The zero-order valence-electron chi connectivity index (χ0n) is 7.29. The Hall–Kier alpha value is -0.960. The molecule has 0 unspecified atom stereocenters. The first-order valence-corrected chi connectivity index (χ1v) is 4.51. The van der Waals surface area contributed by atoms with E-state index in [1.54, 1.807) is 0 Å². The van der Waals surface area contributed by atoms with Gasteiger partial charge in [0.05, 0.1) is 6.61 Å². The van der Waals surface area contributed by atoms with Crippen molar-refractivity contribution in [1.29, 1.82) is 0 Å². The third kappa shape index (κ3) is 3.27. The Balaban J connectivity index is 2.37. The van der Waals surface area contributed by atoms with Crippen molar-refractivity contribution in [3.8, 4) is 0 Å². The summed E-state index contributed by atoms with van der Waals surface area (Å²) in [6, 6.07) is 0. The van der Waals surface area contributed by atoms with Crippen LogP contribution in [-0.2, 0) is 11.3 Å². The van der Waals surface area contributed by atoms with Crippen LogP contribution in [0.1, 0.15) is 5.69 Å². The van der Waals surface area contributed by atoms with Gasteiger partial charge in [-0.1, -0.05) is 4.49 Å². The number of anilines is 1. The number of nitrogen functional groups attached to an aromatic ring is 1. The molecule has 1 heterocycles. The van der Waals surface area contributed by atoms with Crippen molar-refractivity contribution in [1.82, 2.24) is 9.59 Å². The second kappa shape index (κ2) is 4.71. The first-order chi connectivity index (χ1) is 6.93. The molecule has 0 spiro atoms. The average molecular weight is 245 g/mol. The van der Waals surface area contributed by atoms with E-state index in [1.807, 2.05) is 0 Å². The van der Waals surface area contributed by atoms with E-state index in [1.165, 1.54) is 0 Å². The minimum Gasteiger partial charge on any atom is -0.388 e. The van der Waals surface area contributed by atoms with Crippen molar-refractivity contribution in [3.05, 3.63) is 5.69 Å². The van der Waals surface area contributed by atoms with E-state index in [2.05, 4.69) is 14.3 Å². The molecule has 0 aliphatic rings. The Kier molecular flexibility index (Phi) is 3.80. The fraction of sp³-hybridized carbons (Fsp3) is 0.667. The normalized spacial score (nSPS) is 12.3. The standard InChI is InChI=1S/C6H7F4N3OS/c7-5(8)6(9,10)2-14-1-3-4(11)15-13-12-3/h5H,1-2,11H2. The number of halogens is 4. The number of ether oxygens (including phenoxy) is 1. The maximum Gasteiger partial charge on any atom is 0.330 e. The van der Waals surface area contributed by atoms with Crippen LogP contribution in [0, 0.1) is 0 Å². The van der Waals surface area contributed by atoms with Crippen LogP contribution in [0.5, 0.6) is 0 Å². The summed E-state index contributed by atoms with van der Waals surface area (Å²) >= 11 is 0.870. The van der Waals surface area contributed by atoms with Crippen LogP contribution in [0.25, 0.3) is 0 Å². The minimum atomic E-state index is -4.15. The lowest BCUT2D eigenvalue weighted by atomic mass is 10.4. The molecule has 0 saturated carbocycles. The molecule has 1 aromatic rings. The van der Waals surface area contributed by atoms with Gasteiger partial charge < -0.3 is 10.5 Å². The molecule has 0 atom stereocenters. The van der Waals surface area contributed by atoms with Crippen molar-refractivity contribution < 1.29 is 22.3 Å². The van der Waals surface area contributed by atoms with Gasteiger partial charge in [0.15, 0.2) is 0 Å². The van der Waals surface area contributed by atoms with E-state index >= 15 is 0 Å². The maximum absolute atomic E-state index is 12.3. The lowest BCUT2D eigenvalue weighted by Crippen LogP contribution is -2.32. The van der Waals surface area contributed by atoms with Gasteiger partial charge in [-0.2, -0.15) is 8.78 Å². The third-order valence-electron chi connectivity index (χ3n) is 1.44. The summed E-state index contributed by atoms with van der Waals surface area (Å²) in [5, 5.41) is 3.68. The molecule has 0 saturated heterocycles. The number of hydrogen-bond donors (Lipinski definition) is 1. The SMILES string of the molecule is Nc1snnc1COCC(F)(F)C(F)F. The fourth-order valence-corrected chi connectivity index (χ4v) is 1.09. The molecular weight excluding hydrogens is 238 g/mol. The van der Waals surface area contributed by atoms with Gasteiger partial charge in [0.1, 0.15) is 17.3 Å². The third-order valence-corrected chi connectivity index (χ3v) is 2.03. The lowest BCUT2D eigenvalue weighted by molar-refractivity contribution is -0.168. The van der Waals surface area contributed by atoms with Gasteiger partial charge in [-0.15, -0.1) is 5.10 Å². The van der Waals surface area contributed by atoms with E-state index < -0.39 is 19.0 Å². The van der Waals surface area contributed by atoms with E-state index in [0.29, 0.717) is 0 Å². The minimum absolute atomic E-state index is 0.171. The van der Waals surface area contributed by atoms with Crippen molar-refractivity contribution in [2.75, 3.05) is 12.3 Å². The smallest absolute Gasteiger partial charge is 0.330 e. The molecule has 0 aliphatic carbocycles. The number of aromatic nitrogens is 2. The molecule has 1 rings (SSSR count). The number of rotatable bonds is 5. The predicted molar refractivity (Wildman–Crippen MR) is 44.9 cm³/mol. The molecular formula is C6H7F4N3OS. The summed E-state index contributed by atoms with van der Waals surface area (Å²) in [5.41, 5.74) is 5.50. The highest BCUT2D eigenvalue weighted by atomic mass is 32.1. The predicted octanol–water partition coefficient (Wildman–Crippen LogP) is 1.54. The molecule has 0 bridgehead atoms. The second-order valence-electron chi connectivity index (χ2n) is 2.64. The van der Waals surface area contributed by atoms with Crippen molar-refractivity contribution >= 4 is 16.5 Å². The number of nitrogens with two attached hydrogens (primary N) is 1. The first-order valence-electron chi connectivity index (χ1n) is 3.74. The van der Waals surface area contributed by atoms with E-state index in [0.717, 1.165) is 11.5 Å². The molecule has 86 valence electrons. The average Bonchev–Trinajstić information content (AvgIpc) is 2.51. The summed E-state index contributed by atoms with van der Waals surface area (Å²) < 4.78 is 55.8. The number of alkyl halides is 4. The van der Waals surface area contributed by atoms with Crippen LogP contribution < -0.4 is 5.73 Å². The molecule has 0 amide bonds. The number of nitrogens with zero attached hydrogens (tertiary/aromatic N) is 2. The number of hydrogen-bond acceptors (Lipinski definition) is 5. The molecule has 2 N–H and O–H groups in total. The maximum atomic E-state index is 12.3. The summed E-state index contributed by atoms with van der Waals surface area (Å²) in [7, 11) is 0. The Morgan fingerprint density at radius 3 is 2.60 bits per heavy atom. The molecule has 9 heteroatoms. The monoisotopic (exact) mass is 245 g/mol. The van der Waals surface area contributed by atoms with Crippen LogP contribution in [0.3, 0.4) is 0 Å². The summed E-state index contributed by atoms with van der Waals surface area (Å²) in [6.07, 6.45) is -3.75. The van der Waals surface area contributed by atoms with Gasteiger partial charge in [-0.25, -0.2) is 8.78 Å². The van der Waals surface area contributed by atoms with Crippen LogP contribution in [0.2, 0.25) is 0 Å². The largest absolute Gasteiger partial charge is 0.388 e. The zero-order chi connectivity index (χ0) is 11.5. The van der Waals surface area contributed by atoms with Crippen LogP contribution in [0.4, 0.5) is 22.6 Å². The van der Waals surface area contributed by atoms with Crippen LogP contribution >= 0.6 is 11.5 Å². The van der Waals surface area contributed by atoms with Gasteiger partial charge in [-0.3, -0.25) is 0 Å². The summed E-state index contributed by atoms with van der Waals surface area (Å²) in [4.78, 5) is 0. The Bertz CT molecular complexity index is 319. The Morgan fingerprint density at radius 2 is 2.13 bits per heavy atom. The van der Waals surface area contributed by atoms with Crippen LogP contribution in [-0.4, -0.2) is 28.5 Å². The first kappa shape index (κ1) is 12.1. The fourth-order valence-electron chi connectivity index (χ4n) is 0.662. The molecule has 0 aromatic carbocycles. The molecule has 4 nitrogen and oxygen atoms in total. The topological polar surface area (TPSA) is 61.0 Å². The zero-order valence-corrected chi connectivity index (χ0v) is 8.11. The highest BCUT2D eigenvalue weighted by molar-refractivity contribution is 7.09. The molecule has 0 aliphatic heterocycles. The molecule has 1 aromatic heterocycles. The molecule has 0 fully saturated rings. The highest BCUT2D eigenvalue weighted by Crippen LogP contribution is 2.23. The van der Waals surface area contributed by atoms with Crippen molar-refractivity contribution in [3.63, 3.8) is 0 Å². The van der Waals surface area contributed by atoms with Gasteiger partial charge in [0.2, 0.25) is 0 Å². The van der Waals surface area contributed by atoms with Gasteiger partial charge in [0.25, 0.3) is 0 Å². The summed E-state index contributed by atoms with van der Waals surface area (Å²) in [6.45, 7) is -1.73.